The molecule has 1 atom stereocenters. The van der Waals surface area contributed by atoms with Gasteiger partial charge in [-0.1, -0.05) is 32.6 Å². The van der Waals surface area contributed by atoms with Gasteiger partial charge >= 0.3 is 0 Å². The Labute approximate surface area is 103 Å². The van der Waals surface area contributed by atoms with Gasteiger partial charge in [-0.15, -0.1) is 0 Å². The summed E-state index contributed by atoms with van der Waals surface area (Å²) in [6.45, 7) is 4.23. The Morgan fingerprint density at radius 3 is 2.82 bits per heavy atom. The number of aromatic nitrogens is 1. The summed E-state index contributed by atoms with van der Waals surface area (Å²) >= 11 is 0. The Bertz CT molecular complexity index is 346. The van der Waals surface area contributed by atoms with Gasteiger partial charge in [0.05, 0.1) is 0 Å². The molecule has 1 unspecified atom stereocenters. The second-order valence-corrected chi connectivity index (χ2v) is 4.57. The minimum Gasteiger partial charge on any atom is -0.397 e. The molecule has 4 N–H and O–H groups in total. The van der Waals surface area contributed by atoms with E-state index < -0.39 is 0 Å². The molecule has 0 saturated carbocycles. The molecule has 0 radical (unpaired) electrons. The van der Waals surface area contributed by atoms with E-state index in [1.54, 1.807) is 12.3 Å². The van der Waals surface area contributed by atoms with E-state index in [9.17, 15) is 4.79 Å². The number of hydrogen-bond acceptors (Lipinski definition) is 2. The average Bonchev–Trinajstić information content (AvgIpc) is 2.71. The van der Waals surface area contributed by atoms with Gasteiger partial charge in [0.1, 0.15) is 5.69 Å². The summed E-state index contributed by atoms with van der Waals surface area (Å²) in [7, 11) is 0. The molecular formula is C13H23N3O. The van der Waals surface area contributed by atoms with Gasteiger partial charge in [0.25, 0.3) is 5.91 Å². The Balaban J connectivity index is 2.26. The molecule has 1 rings (SSSR count). The van der Waals surface area contributed by atoms with Gasteiger partial charge in [0.15, 0.2) is 0 Å². The molecule has 1 heterocycles. The highest BCUT2D eigenvalue weighted by Gasteiger charge is 2.10. The Kier molecular flexibility index (Phi) is 5.60. The molecule has 0 fully saturated rings. The summed E-state index contributed by atoms with van der Waals surface area (Å²) in [5.41, 5.74) is 6.67. The van der Waals surface area contributed by atoms with E-state index in [1.807, 2.05) is 6.92 Å². The number of aromatic amines is 1. The van der Waals surface area contributed by atoms with Crippen LogP contribution in [0, 0.1) is 0 Å². The van der Waals surface area contributed by atoms with Gasteiger partial charge in [-0.2, -0.15) is 0 Å². The first kappa shape index (κ1) is 13.6. The van der Waals surface area contributed by atoms with Crippen LogP contribution in [0.4, 0.5) is 5.69 Å². The summed E-state index contributed by atoms with van der Waals surface area (Å²) in [6, 6.07) is 1.86. The highest BCUT2D eigenvalue weighted by Crippen LogP contribution is 2.07. The summed E-state index contributed by atoms with van der Waals surface area (Å²) in [4.78, 5) is 14.6. The molecule has 1 amide bonds. The van der Waals surface area contributed by atoms with E-state index in [2.05, 4.69) is 17.2 Å². The lowest BCUT2D eigenvalue weighted by atomic mass is 10.1. The van der Waals surface area contributed by atoms with Crippen molar-refractivity contribution in [3.05, 3.63) is 18.0 Å². The molecule has 4 heteroatoms. The van der Waals surface area contributed by atoms with Crippen LogP contribution in [0.15, 0.2) is 12.3 Å². The second kappa shape index (κ2) is 6.99. The molecule has 0 aliphatic rings. The van der Waals surface area contributed by atoms with E-state index in [-0.39, 0.29) is 11.9 Å². The second-order valence-electron chi connectivity index (χ2n) is 4.57. The SMILES string of the molecule is CCCCCCC(C)NC(=O)c1cc(N)c[nH]1. The first-order valence-corrected chi connectivity index (χ1v) is 6.38. The number of rotatable bonds is 7. The van der Waals surface area contributed by atoms with Gasteiger partial charge in [0, 0.05) is 17.9 Å². The van der Waals surface area contributed by atoms with E-state index in [4.69, 9.17) is 5.73 Å². The first-order chi connectivity index (χ1) is 8.13. The fraction of sp³-hybridized carbons (Fsp3) is 0.615. The number of hydrogen-bond donors (Lipinski definition) is 3. The largest absolute Gasteiger partial charge is 0.397 e. The third-order valence-corrected chi connectivity index (χ3v) is 2.82. The maximum Gasteiger partial charge on any atom is 0.267 e. The van der Waals surface area contributed by atoms with E-state index >= 15 is 0 Å². The molecular weight excluding hydrogens is 214 g/mol. The van der Waals surface area contributed by atoms with Crippen LogP contribution in [0.2, 0.25) is 0 Å². The summed E-state index contributed by atoms with van der Waals surface area (Å²) in [5, 5.41) is 2.96. The van der Waals surface area contributed by atoms with E-state index in [0.717, 1.165) is 6.42 Å². The first-order valence-electron chi connectivity index (χ1n) is 6.38. The third-order valence-electron chi connectivity index (χ3n) is 2.82. The zero-order valence-electron chi connectivity index (χ0n) is 10.8. The number of unbranched alkanes of at least 4 members (excludes halogenated alkanes) is 3. The van der Waals surface area contributed by atoms with Crippen LogP contribution >= 0.6 is 0 Å². The van der Waals surface area contributed by atoms with Crippen molar-refractivity contribution in [1.82, 2.24) is 10.3 Å². The lowest BCUT2D eigenvalue weighted by Gasteiger charge is -2.12. The smallest absolute Gasteiger partial charge is 0.267 e. The summed E-state index contributed by atoms with van der Waals surface area (Å²) in [6.07, 6.45) is 7.58. The number of amides is 1. The van der Waals surface area contributed by atoms with Crippen molar-refractivity contribution in [3.63, 3.8) is 0 Å². The van der Waals surface area contributed by atoms with Crippen LogP contribution in [0.3, 0.4) is 0 Å². The number of nitrogens with one attached hydrogen (secondary N) is 2. The minimum atomic E-state index is -0.0790. The van der Waals surface area contributed by atoms with Crippen LogP contribution in [0.5, 0.6) is 0 Å². The fourth-order valence-corrected chi connectivity index (χ4v) is 1.79. The number of carbonyl (C=O) groups excluding carboxylic acids is 1. The lowest BCUT2D eigenvalue weighted by Crippen LogP contribution is -2.32. The third kappa shape index (κ3) is 4.93. The molecule has 0 aliphatic carbocycles. The molecule has 0 saturated heterocycles. The number of nitrogens with two attached hydrogens (primary N) is 1. The van der Waals surface area contributed by atoms with Crippen molar-refractivity contribution in [1.29, 1.82) is 0 Å². The topological polar surface area (TPSA) is 70.9 Å². The molecule has 0 aliphatic heterocycles. The van der Waals surface area contributed by atoms with Crippen LogP contribution in [0.25, 0.3) is 0 Å². The van der Waals surface area contributed by atoms with Crippen LogP contribution < -0.4 is 11.1 Å². The number of carbonyl (C=O) groups is 1. The van der Waals surface area contributed by atoms with Crippen LogP contribution in [-0.2, 0) is 0 Å². The number of H-pyrrole nitrogens is 1. The van der Waals surface area contributed by atoms with Crippen molar-refractivity contribution in [2.24, 2.45) is 0 Å². The Morgan fingerprint density at radius 1 is 1.47 bits per heavy atom. The van der Waals surface area contributed by atoms with Crippen molar-refractivity contribution in [3.8, 4) is 0 Å². The highest BCUT2D eigenvalue weighted by molar-refractivity contribution is 5.93. The zero-order valence-corrected chi connectivity index (χ0v) is 10.8. The standard InChI is InChI=1S/C13H23N3O/c1-3-4-5-6-7-10(2)16-13(17)12-8-11(14)9-15-12/h8-10,15H,3-7,14H2,1-2H3,(H,16,17). The van der Waals surface area contributed by atoms with Gasteiger partial charge < -0.3 is 16.0 Å². The Morgan fingerprint density at radius 2 is 2.24 bits per heavy atom. The Hall–Kier alpha value is -1.45. The number of nitrogen functional groups attached to an aromatic ring is 1. The molecule has 0 spiro atoms. The minimum absolute atomic E-state index is 0.0790. The van der Waals surface area contributed by atoms with Crippen molar-refractivity contribution in [2.75, 3.05) is 5.73 Å². The van der Waals surface area contributed by atoms with Gasteiger partial charge in [-0.3, -0.25) is 4.79 Å². The van der Waals surface area contributed by atoms with E-state index in [1.165, 1.54) is 25.7 Å². The van der Waals surface area contributed by atoms with Crippen molar-refractivity contribution >= 4 is 11.6 Å². The molecule has 96 valence electrons. The van der Waals surface area contributed by atoms with Gasteiger partial charge in [0.2, 0.25) is 0 Å². The van der Waals surface area contributed by atoms with Crippen molar-refractivity contribution < 1.29 is 4.79 Å². The molecule has 17 heavy (non-hydrogen) atoms. The van der Waals surface area contributed by atoms with Crippen molar-refractivity contribution in [2.45, 2.75) is 52.0 Å². The van der Waals surface area contributed by atoms with Gasteiger partial charge in [-0.05, 0) is 19.4 Å². The van der Waals surface area contributed by atoms with E-state index in [0.29, 0.717) is 11.4 Å². The fourth-order valence-electron chi connectivity index (χ4n) is 1.79. The summed E-state index contributed by atoms with van der Waals surface area (Å²) in [5.74, 6) is -0.0790. The molecule has 0 bridgehead atoms. The molecule has 0 aromatic carbocycles. The monoisotopic (exact) mass is 237 g/mol. The lowest BCUT2D eigenvalue weighted by molar-refractivity contribution is 0.0933. The zero-order chi connectivity index (χ0) is 12.7. The maximum atomic E-state index is 11.8. The summed E-state index contributed by atoms with van der Waals surface area (Å²) < 4.78 is 0. The quantitative estimate of drug-likeness (QED) is 0.638. The number of anilines is 1. The van der Waals surface area contributed by atoms with Gasteiger partial charge in [-0.25, -0.2) is 0 Å². The predicted octanol–water partition coefficient (Wildman–Crippen LogP) is 2.69. The average molecular weight is 237 g/mol. The highest BCUT2D eigenvalue weighted by atomic mass is 16.1. The maximum absolute atomic E-state index is 11.8. The van der Waals surface area contributed by atoms with Crippen LogP contribution in [0.1, 0.15) is 56.4 Å². The molecule has 4 nitrogen and oxygen atoms in total. The van der Waals surface area contributed by atoms with Crippen LogP contribution in [-0.4, -0.2) is 16.9 Å². The molecule has 1 aromatic heterocycles. The molecule has 1 aromatic rings. The normalized spacial score (nSPS) is 12.4. The predicted molar refractivity (Wildman–Crippen MR) is 70.9 cm³/mol.